The number of fused-ring (bicyclic) bond motifs is 1. The van der Waals surface area contributed by atoms with Gasteiger partial charge in [0.05, 0.1) is 13.2 Å². The zero-order valence-electron chi connectivity index (χ0n) is 19.2. The Labute approximate surface area is 198 Å². The van der Waals surface area contributed by atoms with Gasteiger partial charge in [-0.25, -0.2) is 4.39 Å². The largest absolute Gasteiger partial charge is 0.497 e. The third-order valence-corrected chi connectivity index (χ3v) is 5.90. The number of amides is 2. The summed E-state index contributed by atoms with van der Waals surface area (Å²) in [5.74, 6) is 0.648. The molecule has 0 aromatic heterocycles. The van der Waals surface area contributed by atoms with Gasteiger partial charge in [0.15, 0.2) is 6.61 Å². The quantitative estimate of drug-likeness (QED) is 0.551. The number of hydrogen-bond donors (Lipinski definition) is 1. The van der Waals surface area contributed by atoms with Crippen LogP contribution in [0.3, 0.4) is 0 Å². The summed E-state index contributed by atoms with van der Waals surface area (Å²) in [5.41, 5.74) is 3.50. The number of benzene rings is 3. The predicted octanol–water partition coefficient (Wildman–Crippen LogP) is 4.74. The summed E-state index contributed by atoms with van der Waals surface area (Å²) >= 11 is 0. The second-order valence-electron chi connectivity index (χ2n) is 8.07. The monoisotopic (exact) mass is 462 g/mol. The summed E-state index contributed by atoms with van der Waals surface area (Å²) in [6, 6.07) is 18.6. The van der Waals surface area contributed by atoms with Crippen LogP contribution in [0.2, 0.25) is 0 Å². The minimum Gasteiger partial charge on any atom is -0.497 e. The van der Waals surface area contributed by atoms with Crippen molar-refractivity contribution >= 4 is 17.5 Å². The van der Waals surface area contributed by atoms with Crippen LogP contribution >= 0.6 is 0 Å². The zero-order valence-corrected chi connectivity index (χ0v) is 19.2. The van der Waals surface area contributed by atoms with Crippen LogP contribution in [0.1, 0.15) is 36.1 Å². The maximum Gasteiger partial charge on any atom is 0.262 e. The smallest absolute Gasteiger partial charge is 0.262 e. The Kier molecular flexibility index (Phi) is 7.11. The first kappa shape index (κ1) is 23.3. The molecule has 3 aromatic carbocycles. The molecule has 0 radical (unpaired) electrons. The second-order valence-corrected chi connectivity index (χ2v) is 8.07. The molecule has 1 N–H and O–H groups in total. The van der Waals surface area contributed by atoms with Crippen molar-refractivity contribution in [2.45, 2.75) is 25.8 Å². The van der Waals surface area contributed by atoms with Crippen LogP contribution in [-0.4, -0.2) is 37.0 Å². The Morgan fingerprint density at radius 3 is 2.41 bits per heavy atom. The number of nitrogens with one attached hydrogen (secondary N) is 1. The molecule has 0 spiro atoms. The van der Waals surface area contributed by atoms with E-state index in [1.165, 1.54) is 12.1 Å². The van der Waals surface area contributed by atoms with Gasteiger partial charge in [-0.05, 0) is 71.6 Å². The Morgan fingerprint density at radius 1 is 1.03 bits per heavy atom. The summed E-state index contributed by atoms with van der Waals surface area (Å²) in [6.07, 6.45) is 1.10. The van der Waals surface area contributed by atoms with Crippen LogP contribution < -0.4 is 14.8 Å². The number of methoxy groups -OCH3 is 1. The minimum absolute atomic E-state index is 0.0326. The van der Waals surface area contributed by atoms with Crippen LogP contribution in [-0.2, 0) is 16.0 Å². The van der Waals surface area contributed by atoms with Crippen molar-refractivity contribution in [1.29, 1.82) is 0 Å². The second kappa shape index (κ2) is 10.4. The third-order valence-electron chi connectivity index (χ3n) is 5.90. The Bertz CT molecular complexity index is 1160. The Morgan fingerprint density at radius 2 is 1.74 bits per heavy atom. The average Bonchev–Trinajstić information content (AvgIpc) is 2.87. The van der Waals surface area contributed by atoms with Gasteiger partial charge in [-0.1, -0.05) is 25.1 Å². The van der Waals surface area contributed by atoms with E-state index in [-0.39, 0.29) is 30.3 Å². The molecule has 1 heterocycles. The molecule has 7 heteroatoms. The fraction of sp³-hybridized carbons (Fsp3) is 0.259. The molecule has 1 aliphatic heterocycles. The number of halogens is 1. The van der Waals surface area contributed by atoms with E-state index in [0.29, 0.717) is 30.2 Å². The Hall–Kier alpha value is -3.87. The van der Waals surface area contributed by atoms with Crippen molar-refractivity contribution in [3.63, 3.8) is 0 Å². The van der Waals surface area contributed by atoms with E-state index in [1.54, 1.807) is 43.5 Å². The number of carbonyl (C=O) groups is 2. The highest BCUT2D eigenvalue weighted by Gasteiger charge is 2.31. The number of nitrogens with zero attached hydrogens (tertiary/aromatic N) is 1. The molecule has 0 fully saturated rings. The molecular formula is C27H27FN2O4. The highest BCUT2D eigenvalue weighted by Crippen LogP contribution is 2.37. The van der Waals surface area contributed by atoms with Gasteiger partial charge < -0.3 is 19.7 Å². The summed E-state index contributed by atoms with van der Waals surface area (Å²) in [6.45, 7) is 2.26. The summed E-state index contributed by atoms with van der Waals surface area (Å²) in [7, 11) is 1.58. The lowest BCUT2D eigenvalue weighted by molar-refractivity contribution is -0.132. The lowest BCUT2D eigenvalue weighted by Gasteiger charge is -2.38. The molecule has 0 bridgehead atoms. The lowest BCUT2D eigenvalue weighted by Crippen LogP contribution is -2.40. The summed E-state index contributed by atoms with van der Waals surface area (Å²) in [4.78, 5) is 26.9. The maximum atomic E-state index is 13.6. The van der Waals surface area contributed by atoms with E-state index in [0.717, 1.165) is 23.1 Å². The van der Waals surface area contributed by atoms with Gasteiger partial charge in [0.25, 0.3) is 5.91 Å². The van der Waals surface area contributed by atoms with E-state index in [4.69, 9.17) is 9.47 Å². The Balaban J connectivity index is 1.53. The van der Waals surface area contributed by atoms with Crippen LogP contribution in [0.15, 0.2) is 66.7 Å². The van der Waals surface area contributed by atoms with Gasteiger partial charge in [0, 0.05) is 18.7 Å². The van der Waals surface area contributed by atoms with E-state index in [2.05, 4.69) is 5.32 Å². The molecule has 1 atom stereocenters. The van der Waals surface area contributed by atoms with Gasteiger partial charge in [0.2, 0.25) is 5.91 Å². The maximum absolute atomic E-state index is 13.6. The van der Waals surface area contributed by atoms with Gasteiger partial charge in [-0.2, -0.15) is 0 Å². The number of hydrogen-bond acceptors (Lipinski definition) is 4. The summed E-state index contributed by atoms with van der Waals surface area (Å²) < 4.78 is 24.5. The minimum atomic E-state index is -0.339. The number of anilines is 1. The SMILES string of the molecule is CCC(=O)N1CCc2ccc(OCC(=O)Nc3ccc(OC)cc3)cc2C1c1ccc(F)cc1. The van der Waals surface area contributed by atoms with Crippen molar-refractivity contribution in [3.8, 4) is 11.5 Å². The molecule has 1 unspecified atom stereocenters. The highest BCUT2D eigenvalue weighted by molar-refractivity contribution is 5.91. The first-order chi connectivity index (χ1) is 16.5. The topological polar surface area (TPSA) is 67.9 Å². The molecule has 0 saturated heterocycles. The normalized spacial score (nSPS) is 14.8. The highest BCUT2D eigenvalue weighted by atomic mass is 19.1. The third kappa shape index (κ3) is 5.20. The van der Waals surface area contributed by atoms with Crippen LogP contribution in [0, 0.1) is 5.82 Å². The molecule has 34 heavy (non-hydrogen) atoms. The van der Waals surface area contributed by atoms with Crippen molar-refractivity contribution in [2.75, 3.05) is 25.6 Å². The molecule has 2 amide bonds. The van der Waals surface area contributed by atoms with E-state index >= 15 is 0 Å². The first-order valence-electron chi connectivity index (χ1n) is 11.2. The van der Waals surface area contributed by atoms with Gasteiger partial charge in [0.1, 0.15) is 17.3 Å². The molecule has 0 saturated carbocycles. The van der Waals surface area contributed by atoms with E-state index < -0.39 is 0 Å². The number of ether oxygens (including phenoxy) is 2. The van der Waals surface area contributed by atoms with E-state index in [1.807, 2.05) is 30.0 Å². The lowest BCUT2D eigenvalue weighted by atomic mass is 9.87. The van der Waals surface area contributed by atoms with Crippen LogP contribution in [0.25, 0.3) is 0 Å². The zero-order chi connectivity index (χ0) is 24.1. The fourth-order valence-corrected chi connectivity index (χ4v) is 4.18. The molecular weight excluding hydrogens is 435 g/mol. The van der Waals surface area contributed by atoms with Crippen molar-refractivity contribution in [1.82, 2.24) is 4.90 Å². The first-order valence-corrected chi connectivity index (χ1v) is 11.2. The average molecular weight is 463 g/mol. The van der Waals surface area contributed by atoms with Crippen molar-refractivity contribution < 1.29 is 23.5 Å². The fourth-order valence-electron chi connectivity index (χ4n) is 4.18. The molecule has 0 aliphatic carbocycles. The number of rotatable bonds is 7. The van der Waals surface area contributed by atoms with Crippen LogP contribution in [0.4, 0.5) is 10.1 Å². The standard InChI is InChI=1S/C27H27FN2O4/c1-3-26(32)30-15-14-18-6-11-23(16-24(18)27(30)19-4-7-20(28)8-5-19)34-17-25(31)29-21-9-12-22(33-2)13-10-21/h4-13,16,27H,3,14-15,17H2,1-2H3,(H,29,31). The van der Waals surface area contributed by atoms with Gasteiger partial charge in [-0.15, -0.1) is 0 Å². The molecule has 3 aromatic rings. The molecule has 6 nitrogen and oxygen atoms in total. The van der Waals surface area contributed by atoms with Crippen molar-refractivity contribution in [2.24, 2.45) is 0 Å². The van der Waals surface area contributed by atoms with Crippen molar-refractivity contribution in [3.05, 3.63) is 89.2 Å². The van der Waals surface area contributed by atoms with Gasteiger partial charge in [-0.3, -0.25) is 9.59 Å². The predicted molar refractivity (Wildman–Crippen MR) is 128 cm³/mol. The molecule has 4 rings (SSSR count). The van der Waals surface area contributed by atoms with E-state index in [9.17, 15) is 14.0 Å². The molecule has 1 aliphatic rings. The summed E-state index contributed by atoms with van der Waals surface area (Å²) in [5, 5.41) is 2.79. The van der Waals surface area contributed by atoms with Gasteiger partial charge >= 0.3 is 0 Å². The van der Waals surface area contributed by atoms with Crippen LogP contribution in [0.5, 0.6) is 11.5 Å². The number of carbonyl (C=O) groups excluding carboxylic acids is 2. The molecule has 176 valence electrons.